The van der Waals surface area contributed by atoms with E-state index in [0.29, 0.717) is 31.0 Å². The number of aryl methyl sites for hydroxylation is 1. The van der Waals surface area contributed by atoms with E-state index in [1.807, 2.05) is 45.3 Å². The Hall–Kier alpha value is -3.46. The third kappa shape index (κ3) is 5.48. The van der Waals surface area contributed by atoms with Gasteiger partial charge in [-0.2, -0.15) is 10.2 Å². The van der Waals surface area contributed by atoms with Crippen LogP contribution in [-0.2, 0) is 18.2 Å². The summed E-state index contributed by atoms with van der Waals surface area (Å²) in [5.74, 6) is 0.219. The molecule has 174 valence electrons. The molecule has 1 fully saturated rings. The maximum Gasteiger partial charge on any atom is 0.411 e. The molecule has 9 nitrogen and oxygen atoms in total. The van der Waals surface area contributed by atoms with E-state index in [1.54, 1.807) is 27.8 Å². The second kappa shape index (κ2) is 9.19. The molecule has 0 bridgehead atoms. The first-order valence-electron chi connectivity index (χ1n) is 11.0. The summed E-state index contributed by atoms with van der Waals surface area (Å²) < 4.78 is 9.05. The zero-order chi connectivity index (χ0) is 23.6. The highest BCUT2D eigenvalue weighted by molar-refractivity contribution is 5.86. The first-order chi connectivity index (χ1) is 15.7. The van der Waals surface area contributed by atoms with Crippen molar-refractivity contribution < 1.29 is 14.6 Å². The second-order valence-corrected chi connectivity index (χ2v) is 9.15. The minimum atomic E-state index is -0.992. The lowest BCUT2D eigenvalue weighted by molar-refractivity contribution is -0.0707. The fourth-order valence-electron chi connectivity index (χ4n) is 4.33. The zero-order valence-corrected chi connectivity index (χ0v) is 19.1. The van der Waals surface area contributed by atoms with E-state index in [-0.39, 0.29) is 16.9 Å². The summed E-state index contributed by atoms with van der Waals surface area (Å²) in [6, 6.07) is 8.78. The van der Waals surface area contributed by atoms with Crippen LogP contribution in [0.1, 0.15) is 37.9 Å². The Balaban J connectivity index is 1.56. The lowest BCUT2D eigenvalue weighted by Crippen LogP contribution is -2.41. The van der Waals surface area contributed by atoms with Gasteiger partial charge in [0.1, 0.15) is 11.4 Å². The van der Waals surface area contributed by atoms with Gasteiger partial charge in [0.15, 0.2) is 0 Å². The molecule has 3 aromatic rings. The molecule has 1 aliphatic rings. The standard InChI is InChI=1S/C24H29N5O4/c1-24(2)13-18(8-10-33-24)15-28(23(31)32)19-6-4-5-17(11-19)12-21-22(30)7-9-29(26-21)20-14-25-27(3)16-20/h4-7,9,11,14,16,18H,8,10,12-13,15H2,1-3H3,(H,31,32). The highest BCUT2D eigenvalue weighted by Crippen LogP contribution is 2.30. The van der Waals surface area contributed by atoms with Crippen LogP contribution in [0.3, 0.4) is 0 Å². The molecule has 1 atom stereocenters. The van der Waals surface area contributed by atoms with Crippen LogP contribution >= 0.6 is 0 Å². The maximum atomic E-state index is 12.4. The maximum absolute atomic E-state index is 12.4. The molecule has 9 heteroatoms. The number of aromatic nitrogens is 4. The second-order valence-electron chi connectivity index (χ2n) is 9.15. The minimum absolute atomic E-state index is 0.167. The number of benzene rings is 1. The third-order valence-corrected chi connectivity index (χ3v) is 5.90. The lowest BCUT2D eigenvalue weighted by Gasteiger charge is -2.37. The van der Waals surface area contributed by atoms with Crippen LogP contribution in [0, 0.1) is 5.92 Å². The van der Waals surface area contributed by atoms with Crippen LogP contribution in [0.4, 0.5) is 10.5 Å². The first-order valence-corrected chi connectivity index (χ1v) is 11.0. The number of nitrogens with zero attached hydrogens (tertiary/aromatic N) is 5. The molecular weight excluding hydrogens is 422 g/mol. The Labute approximate surface area is 192 Å². The highest BCUT2D eigenvalue weighted by Gasteiger charge is 2.31. The molecule has 0 radical (unpaired) electrons. The number of hydrogen-bond acceptors (Lipinski definition) is 5. The average Bonchev–Trinajstić information content (AvgIpc) is 3.19. The Morgan fingerprint density at radius 2 is 2.15 bits per heavy atom. The molecule has 0 spiro atoms. The van der Waals surface area contributed by atoms with Crippen LogP contribution in [0.5, 0.6) is 0 Å². The van der Waals surface area contributed by atoms with Gasteiger partial charge in [0, 0.05) is 44.6 Å². The van der Waals surface area contributed by atoms with Crippen LogP contribution in [0.2, 0.25) is 0 Å². The van der Waals surface area contributed by atoms with Crippen molar-refractivity contribution in [2.24, 2.45) is 13.0 Å². The van der Waals surface area contributed by atoms with Gasteiger partial charge in [-0.25, -0.2) is 9.48 Å². The van der Waals surface area contributed by atoms with Crippen molar-refractivity contribution in [2.75, 3.05) is 18.1 Å². The highest BCUT2D eigenvalue weighted by atomic mass is 16.5. The molecular formula is C24H29N5O4. The summed E-state index contributed by atoms with van der Waals surface area (Å²) in [7, 11) is 1.81. The predicted octanol–water partition coefficient (Wildman–Crippen LogP) is 3.25. The summed E-state index contributed by atoms with van der Waals surface area (Å²) in [5.41, 5.74) is 2.13. The van der Waals surface area contributed by atoms with Gasteiger partial charge < -0.3 is 9.84 Å². The molecule has 1 aromatic carbocycles. The number of amides is 1. The van der Waals surface area contributed by atoms with Crippen LogP contribution < -0.4 is 10.3 Å². The molecule has 1 unspecified atom stereocenters. The molecule has 4 rings (SSSR count). The molecule has 1 aliphatic heterocycles. The number of hydrogen-bond donors (Lipinski definition) is 1. The Morgan fingerprint density at radius 3 is 2.85 bits per heavy atom. The number of rotatable bonds is 6. The van der Waals surface area contributed by atoms with Crippen LogP contribution in [0.15, 0.2) is 53.7 Å². The van der Waals surface area contributed by atoms with Crippen LogP contribution in [0.25, 0.3) is 5.69 Å². The van der Waals surface area contributed by atoms with E-state index >= 15 is 0 Å². The van der Waals surface area contributed by atoms with Gasteiger partial charge in [-0.1, -0.05) is 12.1 Å². The van der Waals surface area contributed by atoms with Crippen molar-refractivity contribution in [3.05, 3.63) is 70.4 Å². The molecule has 2 aromatic heterocycles. The monoisotopic (exact) mass is 451 g/mol. The quantitative estimate of drug-likeness (QED) is 0.617. The fraction of sp³-hybridized carbons (Fsp3) is 0.417. The summed E-state index contributed by atoms with van der Waals surface area (Å²) in [5, 5.41) is 18.5. The molecule has 0 saturated carbocycles. The van der Waals surface area contributed by atoms with Crippen molar-refractivity contribution in [1.29, 1.82) is 0 Å². The first kappa shape index (κ1) is 22.7. The summed E-state index contributed by atoms with van der Waals surface area (Å²) in [4.78, 5) is 25.9. The summed E-state index contributed by atoms with van der Waals surface area (Å²) in [6.07, 6.45) is 6.03. The van der Waals surface area contributed by atoms with Gasteiger partial charge in [0.05, 0.1) is 18.0 Å². The Kier molecular flexibility index (Phi) is 6.33. The van der Waals surface area contributed by atoms with Crippen LogP contribution in [-0.4, -0.2) is 49.5 Å². The molecule has 1 N–H and O–H groups in total. The van der Waals surface area contributed by atoms with E-state index in [9.17, 15) is 14.7 Å². The molecule has 1 amide bonds. The van der Waals surface area contributed by atoms with Gasteiger partial charge >= 0.3 is 6.09 Å². The average molecular weight is 452 g/mol. The van der Waals surface area contributed by atoms with E-state index in [4.69, 9.17) is 4.74 Å². The predicted molar refractivity (Wildman–Crippen MR) is 124 cm³/mol. The van der Waals surface area contributed by atoms with Crippen molar-refractivity contribution in [2.45, 2.75) is 38.7 Å². The number of carbonyl (C=O) groups is 1. The van der Waals surface area contributed by atoms with E-state index in [2.05, 4.69) is 10.2 Å². The number of carboxylic acid groups (broad SMARTS) is 1. The van der Waals surface area contributed by atoms with Gasteiger partial charge in [0.25, 0.3) is 0 Å². The third-order valence-electron chi connectivity index (χ3n) is 5.90. The summed E-state index contributed by atoms with van der Waals surface area (Å²) >= 11 is 0. The molecule has 1 saturated heterocycles. The van der Waals surface area contributed by atoms with Gasteiger partial charge in [0.2, 0.25) is 5.43 Å². The molecule has 3 heterocycles. The minimum Gasteiger partial charge on any atom is -0.465 e. The summed E-state index contributed by atoms with van der Waals surface area (Å²) in [6.45, 7) is 5.11. The number of anilines is 1. The Bertz CT molecular complexity index is 1200. The van der Waals surface area contributed by atoms with E-state index in [1.165, 1.54) is 11.0 Å². The number of ether oxygens (including phenoxy) is 1. The normalized spacial score (nSPS) is 17.6. The largest absolute Gasteiger partial charge is 0.465 e. The van der Waals surface area contributed by atoms with Crippen molar-refractivity contribution in [3.8, 4) is 5.69 Å². The molecule has 33 heavy (non-hydrogen) atoms. The van der Waals surface area contributed by atoms with Crippen molar-refractivity contribution in [1.82, 2.24) is 19.6 Å². The van der Waals surface area contributed by atoms with E-state index < -0.39 is 6.09 Å². The molecule has 0 aliphatic carbocycles. The Morgan fingerprint density at radius 1 is 1.33 bits per heavy atom. The van der Waals surface area contributed by atoms with Crippen molar-refractivity contribution >= 4 is 11.8 Å². The SMILES string of the molecule is Cn1cc(-n2ccc(=O)c(Cc3cccc(N(CC4CCOC(C)(C)C4)C(=O)O)c3)n2)cn1. The van der Waals surface area contributed by atoms with Gasteiger partial charge in [-0.05, 0) is 50.3 Å². The van der Waals surface area contributed by atoms with E-state index in [0.717, 1.165) is 24.1 Å². The van der Waals surface area contributed by atoms with Crippen molar-refractivity contribution in [3.63, 3.8) is 0 Å². The van der Waals surface area contributed by atoms with Gasteiger partial charge in [-0.15, -0.1) is 0 Å². The fourth-order valence-corrected chi connectivity index (χ4v) is 4.33. The lowest BCUT2D eigenvalue weighted by atomic mass is 9.88. The zero-order valence-electron chi connectivity index (χ0n) is 19.1. The smallest absolute Gasteiger partial charge is 0.411 e. The van der Waals surface area contributed by atoms with Gasteiger partial charge in [-0.3, -0.25) is 14.4 Å². The topological polar surface area (TPSA) is 102 Å².